The maximum Gasteiger partial charge on any atom is 0.103 e. The van der Waals surface area contributed by atoms with Gasteiger partial charge in [0.05, 0.1) is 0 Å². The van der Waals surface area contributed by atoms with Crippen molar-refractivity contribution in [3.05, 3.63) is 57.2 Å². The van der Waals surface area contributed by atoms with Crippen LogP contribution >= 0.6 is 24.2 Å². The lowest BCUT2D eigenvalue weighted by molar-refractivity contribution is 0.309. The van der Waals surface area contributed by atoms with Crippen LogP contribution in [0.5, 0.6) is 0 Å². The molecule has 0 radical (unpaired) electrons. The minimum absolute atomic E-state index is 0.651. The second kappa shape index (κ2) is 6.56. The van der Waals surface area contributed by atoms with Gasteiger partial charge in [0.2, 0.25) is 0 Å². The van der Waals surface area contributed by atoms with Gasteiger partial charge in [-0.05, 0) is 48.9 Å². The number of aromatic nitrogens is 1. The van der Waals surface area contributed by atoms with Crippen molar-refractivity contribution in [2.24, 2.45) is 5.73 Å². The van der Waals surface area contributed by atoms with E-state index in [9.17, 15) is 0 Å². The first-order valence-electron chi connectivity index (χ1n) is 7.58. The van der Waals surface area contributed by atoms with Crippen molar-refractivity contribution < 1.29 is 0 Å². The van der Waals surface area contributed by atoms with Crippen LogP contribution in [-0.2, 0) is 13.0 Å². The van der Waals surface area contributed by atoms with Crippen molar-refractivity contribution in [1.82, 2.24) is 9.88 Å². The highest BCUT2D eigenvalue weighted by Crippen LogP contribution is 2.26. The van der Waals surface area contributed by atoms with Crippen molar-refractivity contribution in [3.8, 4) is 0 Å². The lowest BCUT2D eigenvalue weighted by atomic mass is 10.0. The van der Waals surface area contributed by atoms with Gasteiger partial charge in [0.15, 0.2) is 0 Å². The third-order valence-corrected chi connectivity index (χ3v) is 4.92. The molecule has 0 aliphatic carbocycles. The Balaban J connectivity index is 1.98. The molecule has 0 atom stereocenters. The topological polar surface area (TPSA) is 42.1 Å². The quantitative estimate of drug-likeness (QED) is 0.814. The summed E-state index contributed by atoms with van der Waals surface area (Å²) >= 11 is 10.7. The first kappa shape index (κ1) is 16.4. The number of halogens is 1. The monoisotopic (exact) mass is 345 g/mol. The number of nitrogens with two attached hydrogens (primary N) is 1. The second-order valence-corrected chi connectivity index (χ2v) is 6.89. The Morgan fingerprint density at radius 2 is 2.17 bits per heavy atom. The Morgan fingerprint density at radius 1 is 1.39 bits per heavy atom. The Kier molecular flexibility index (Phi) is 4.67. The lowest BCUT2D eigenvalue weighted by Gasteiger charge is -2.25. The van der Waals surface area contributed by atoms with E-state index in [1.807, 2.05) is 31.2 Å². The average Bonchev–Trinajstić information content (AvgIpc) is 2.50. The summed E-state index contributed by atoms with van der Waals surface area (Å²) in [5, 5.41) is 1.42. The first-order chi connectivity index (χ1) is 10.9. The SMILES string of the molecule is Cc1ccc(/C=C(\N)c2cc3c(nc2S)CCN(C)C3)cc1Cl. The van der Waals surface area contributed by atoms with Crippen molar-refractivity contribution in [1.29, 1.82) is 0 Å². The van der Waals surface area contributed by atoms with Crippen LogP contribution in [-0.4, -0.2) is 23.5 Å². The van der Waals surface area contributed by atoms with Crippen molar-refractivity contribution in [2.75, 3.05) is 13.6 Å². The van der Waals surface area contributed by atoms with E-state index < -0.39 is 0 Å². The molecule has 0 fully saturated rings. The highest BCUT2D eigenvalue weighted by atomic mass is 35.5. The van der Waals surface area contributed by atoms with Gasteiger partial charge in [0.1, 0.15) is 5.03 Å². The molecule has 1 aliphatic heterocycles. The van der Waals surface area contributed by atoms with Gasteiger partial charge in [-0.2, -0.15) is 0 Å². The molecular formula is C18H20ClN3S. The molecule has 0 saturated heterocycles. The number of nitrogens with zero attached hydrogens (tertiary/aromatic N) is 2. The fourth-order valence-electron chi connectivity index (χ4n) is 2.77. The Morgan fingerprint density at radius 3 is 2.91 bits per heavy atom. The maximum absolute atomic E-state index is 6.30. The van der Waals surface area contributed by atoms with E-state index in [0.29, 0.717) is 10.7 Å². The van der Waals surface area contributed by atoms with Crippen LogP contribution in [0.25, 0.3) is 11.8 Å². The third kappa shape index (κ3) is 3.55. The van der Waals surface area contributed by atoms with E-state index in [1.54, 1.807) is 0 Å². The molecule has 5 heteroatoms. The number of aryl methyl sites for hydroxylation is 1. The molecule has 0 unspecified atom stereocenters. The minimum Gasteiger partial charge on any atom is -0.398 e. The van der Waals surface area contributed by atoms with Gasteiger partial charge >= 0.3 is 0 Å². The summed E-state index contributed by atoms with van der Waals surface area (Å²) in [6.07, 6.45) is 2.87. The first-order valence-corrected chi connectivity index (χ1v) is 8.40. The highest BCUT2D eigenvalue weighted by molar-refractivity contribution is 7.80. The van der Waals surface area contributed by atoms with E-state index in [0.717, 1.165) is 46.9 Å². The average molecular weight is 346 g/mol. The summed E-state index contributed by atoms with van der Waals surface area (Å²) in [5.74, 6) is 0. The summed E-state index contributed by atoms with van der Waals surface area (Å²) in [4.78, 5) is 6.92. The van der Waals surface area contributed by atoms with E-state index in [-0.39, 0.29) is 0 Å². The van der Waals surface area contributed by atoms with Crippen molar-refractivity contribution in [2.45, 2.75) is 24.9 Å². The van der Waals surface area contributed by atoms with Gasteiger partial charge in [-0.25, -0.2) is 4.98 Å². The molecule has 2 heterocycles. The van der Waals surface area contributed by atoms with Gasteiger partial charge in [-0.1, -0.05) is 23.7 Å². The molecule has 23 heavy (non-hydrogen) atoms. The van der Waals surface area contributed by atoms with Crippen LogP contribution in [0.1, 0.15) is 27.9 Å². The zero-order valence-electron chi connectivity index (χ0n) is 13.3. The molecule has 3 nitrogen and oxygen atoms in total. The van der Waals surface area contributed by atoms with Crippen molar-refractivity contribution >= 4 is 36.0 Å². The van der Waals surface area contributed by atoms with Gasteiger partial charge in [-0.15, -0.1) is 12.6 Å². The molecule has 2 N–H and O–H groups in total. The summed E-state index contributed by atoms with van der Waals surface area (Å²) in [5.41, 5.74) is 12.2. The predicted octanol–water partition coefficient (Wildman–Crippen LogP) is 3.78. The third-order valence-electron chi connectivity index (χ3n) is 4.17. The summed E-state index contributed by atoms with van der Waals surface area (Å²) in [6, 6.07) is 8.03. The molecule has 1 aliphatic rings. The van der Waals surface area contributed by atoms with Crippen LogP contribution in [0.15, 0.2) is 29.3 Å². The molecule has 120 valence electrons. The fourth-order valence-corrected chi connectivity index (χ4v) is 3.27. The molecule has 3 rings (SSSR count). The Labute approximate surface area is 147 Å². The number of pyridine rings is 1. The molecule has 0 amide bonds. The van der Waals surface area contributed by atoms with E-state index in [1.165, 1.54) is 5.56 Å². The number of rotatable bonds is 2. The normalized spacial score (nSPS) is 15.6. The summed E-state index contributed by atoms with van der Waals surface area (Å²) in [6.45, 7) is 3.90. The molecule has 1 aromatic heterocycles. The zero-order chi connectivity index (χ0) is 16.6. The Hall–Kier alpha value is -1.49. The van der Waals surface area contributed by atoms with Crippen LogP contribution in [0.4, 0.5) is 0 Å². The van der Waals surface area contributed by atoms with Gasteiger partial charge in [0, 0.05) is 41.5 Å². The van der Waals surface area contributed by atoms with Gasteiger partial charge in [-0.3, -0.25) is 0 Å². The molecule has 1 aromatic carbocycles. The van der Waals surface area contributed by atoms with Crippen LogP contribution < -0.4 is 5.73 Å². The van der Waals surface area contributed by atoms with Crippen LogP contribution in [0.3, 0.4) is 0 Å². The largest absolute Gasteiger partial charge is 0.398 e. The number of thiol groups is 1. The van der Waals surface area contributed by atoms with Crippen LogP contribution in [0.2, 0.25) is 5.02 Å². The fraction of sp³-hybridized carbons (Fsp3) is 0.278. The number of likely N-dealkylation sites (N-methyl/N-ethyl adjacent to an activating group) is 1. The number of hydrogen-bond donors (Lipinski definition) is 2. The number of fused-ring (bicyclic) bond motifs is 1. The maximum atomic E-state index is 6.30. The molecule has 2 aromatic rings. The van der Waals surface area contributed by atoms with E-state index in [4.69, 9.17) is 17.3 Å². The predicted molar refractivity (Wildman–Crippen MR) is 99.8 cm³/mol. The molecule has 0 saturated carbocycles. The van der Waals surface area contributed by atoms with Crippen molar-refractivity contribution in [3.63, 3.8) is 0 Å². The summed E-state index contributed by atoms with van der Waals surface area (Å²) < 4.78 is 0. The smallest absolute Gasteiger partial charge is 0.103 e. The zero-order valence-corrected chi connectivity index (χ0v) is 15.0. The lowest BCUT2D eigenvalue weighted by Crippen LogP contribution is -2.27. The highest BCUT2D eigenvalue weighted by Gasteiger charge is 2.17. The summed E-state index contributed by atoms with van der Waals surface area (Å²) in [7, 11) is 2.12. The van der Waals surface area contributed by atoms with Crippen LogP contribution in [0, 0.1) is 6.92 Å². The van der Waals surface area contributed by atoms with E-state index >= 15 is 0 Å². The van der Waals surface area contributed by atoms with Gasteiger partial charge in [0.25, 0.3) is 0 Å². The minimum atomic E-state index is 0.651. The van der Waals surface area contributed by atoms with Gasteiger partial charge < -0.3 is 10.6 Å². The Bertz CT molecular complexity index is 786. The molecular weight excluding hydrogens is 326 g/mol. The number of benzene rings is 1. The standard InChI is InChI=1S/C18H20ClN3S/c1-11-3-4-12(7-15(11)19)8-16(20)14-9-13-10-22(2)6-5-17(13)21-18(14)23/h3-4,7-9H,5-6,10,20H2,1-2H3,(H,21,23)/b16-8-. The van der Waals surface area contributed by atoms with E-state index in [2.05, 4.69) is 35.6 Å². The molecule has 0 spiro atoms. The molecule has 0 bridgehead atoms. The second-order valence-electron chi connectivity index (χ2n) is 6.06. The number of hydrogen-bond acceptors (Lipinski definition) is 4.